The van der Waals surface area contributed by atoms with Gasteiger partial charge >= 0.3 is 0 Å². The van der Waals surface area contributed by atoms with Gasteiger partial charge in [-0.15, -0.1) is 0 Å². The van der Waals surface area contributed by atoms with Gasteiger partial charge in [-0.3, -0.25) is 10.1 Å². The average Bonchev–Trinajstić information content (AvgIpc) is 2.84. The zero-order valence-electron chi connectivity index (χ0n) is 12.5. The number of guanidine groups is 1. The fourth-order valence-electron chi connectivity index (χ4n) is 2.69. The first-order chi connectivity index (χ1) is 11.0. The molecule has 0 saturated carbocycles. The SMILES string of the molecule is COc1ccc(C2(Cc3ccc(F)cc3)N=C(N)NC2=O)cc1. The molecule has 5 nitrogen and oxygen atoms in total. The molecule has 6 heteroatoms. The van der Waals surface area contributed by atoms with Gasteiger partial charge in [0.2, 0.25) is 0 Å². The van der Waals surface area contributed by atoms with Gasteiger partial charge in [-0.2, -0.15) is 0 Å². The fourth-order valence-corrected chi connectivity index (χ4v) is 2.69. The molecule has 3 N–H and O–H groups in total. The lowest BCUT2D eigenvalue weighted by molar-refractivity contribution is -0.124. The number of benzene rings is 2. The van der Waals surface area contributed by atoms with Crippen LogP contribution in [0.4, 0.5) is 4.39 Å². The third kappa shape index (κ3) is 2.75. The number of hydrogen-bond acceptors (Lipinski definition) is 4. The Labute approximate surface area is 133 Å². The Hall–Kier alpha value is -2.89. The Kier molecular flexibility index (Phi) is 3.73. The molecular weight excluding hydrogens is 297 g/mol. The van der Waals surface area contributed by atoms with Crippen LogP contribution in [0.2, 0.25) is 0 Å². The summed E-state index contributed by atoms with van der Waals surface area (Å²) in [6.45, 7) is 0. The molecule has 1 heterocycles. The molecule has 0 fully saturated rings. The molecule has 1 atom stereocenters. The number of hydrogen-bond donors (Lipinski definition) is 2. The predicted molar refractivity (Wildman–Crippen MR) is 84.5 cm³/mol. The normalized spacial score (nSPS) is 20.1. The number of carbonyl (C=O) groups excluding carboxylic acids is 1. The average molecular weight is 313 g/mol. The maximum atomic E-state index is 13.1. The second-order valence-corrected chi connectivity index (χ2v) is 5.34. The van der Waals surface area contributed by atoms with Crippen molar-refractivity contribution >= 4 is 11.9 Å². The van der Waals surface area contributed by atoms with E-state index in [4.69, 9.17) is 10.5 Å². The standard InChI is InChI=1S/C17H16FN3O2/c1-23-14-8-4-12(5-9-14)17(15(22)20-16(19)21-17)10-11-2-6-13(18)7-3-11/h2-9H,10H2,1H3,(H3,19,20,21,22). The molecule has 0 aliphatic carbocycles. The van der Waals surface area contributed by atoms with E-state index >= 15 is 0 Å². The number of rotatable bonds is 4. The highest BCUT2D eigenvalue weighted by Crippen LogP contribution is 2.34. The van der Waals surface area contributed by atoms with Gasteiger partial charge in [-0.25, -0.2) is 9.38 Å². The highest BCUT2D eigenvalue weighted by Gasteiger charge is 2.44. The summed E-state index contributed by atoms with van der Waals surface area (Å²) in [4.78, 5) is 16.9. The van der Waals surface area contributed by atoms with Gasteiger partial charge in [0, 0.05) is 6.42 Å². The van der Waals surface area contributed by atoms with E-state index in [0.29, 0.717) is 11.3 Å². The van der Waals surface area contributed by atoms with Gasteiger partial charge in [0.15, 0.2) is 11.5 Å². The van der Waals surface area contributed by atoms with Crippen LogP contribution >= 0.6 is 0 Å². The Bertz CT molecular complexity index is 756. The molecule has 118 valence electrons. The molecule has 3 rings (SSSR count). The number of amides is 1. The zero-order valence-corrected chi connectivity index (χ0v) is 12.5. The van der Waals surface area contributed by atoms with Crippen molar-refractivity contribution in [1.29, 1.82) is 0 Å². The number of halogens is 1. The van der Waals surface area contributed by atoms with E-state index in [0.717, 1.165) is 5.56 Å². The highest BCUT2D eigenvalue weighted by atomic mass is 19.1. The van der Waals surface area contributed by atoms with Crippen molar-refractivity contribution in [3.8, 4) is 5.75 Å². The summed E-state index contributed by atoms with van der Waals surface area (Å²) in [6.07, 6.45) is 0.284. The van der Waals surface area contributed by atoms with Gasteiger partial charge < -0.3 is 10.5 Å². The third-order valence-corrected chi connectivity index (χ3v) is 3.87. The summed E-state index contributed by atoms with van der Waals surface area (Å²) in [5.41, 5.74) is 6.03. The van der Waals surface area contributed by atoms with Gasteiger partial charge in [0.1, 0.15) is 11.6 Å². The van der Waals surface area contributed by atoms with Crippen LogP contribution in [-0.2, 0) is 16.8 Å². The number of methoxy groups -OCH3 is 1. The smallest absolute Gasteiger partial charge is 0.259 e. The lowest BCUT2D eigenvalue weighted by atomic mass is 9.84. The van der Waals surface area contributed by atoms with Crippen molar-refractivity contribution in [3.63, 3.8) is 0 Å². The predicted octanol–water partition coefficient (Wildman–Crippen LogP) is 1.72. The number of nitrogens with two attached hydrogens (primary N) is 1. The first kappa shape index (κ1) is 15.0. The molecular formula is C17H16FN3O2. The van der Waals surface area contributed by atoms with Crippen molar-refractivity contribution in [2.24, 2.45) is 10.7 Å². The summed E-state index contributed by atoms with van der Waals surface area (Å²) in [6, 6.07) is 13.1. The number of carbonyl (C=O) groups is 1. The van der Waals surface area contributed by atoms with E-state index in [-0.39, 0.29) is 24.1 Å². The fraction of sp³-hybridized carbons (Fsp3) is 0.176. The highest BCUT2D eigenvalue weighted by molar-refractivity contribution is 6.07. The minimum absolute atomic E-state index is 0.0768. The Morgan fingerprint density at radius 2 is 1.83 bits per heavy atom. The summed E-state index contributed by atoms with van der Waals surface area (Å²) in [5.74, 6) is 0.129. The molecule has 1 aliphatic rings. The second-order valence-electron chi connectivity index (χ2n) is 5.34. The molecule has 2 aromatic carbocycles. The molecule has 1 unspecified atom stereocenters. The van der Waals surface area contributed by atoms with Gasteiger partial charge in [-0.1, -0.05) is 24.3 Å². The number of aliphatic imine (C=N–C) groups is 1. The Morgan fingerprint density at radius 1 is 1.17 bits per heavy atom. The monoisotopic (exact) mass is 313 g/mol. The summed E-state index contributed by atoms with van der Waals surface area (Å²) < 4.78 is 18.2. The first-order valence-corrected chi connectivity index (χ1v) is 7.09. The first-order valence-electron chi connectivity index (χ1n) is 7.09. The van der Waals surface area contributed by atoms with Crippen LogP contribution < -0.4 is 15.8 Å². The van der Waals surface area contributed by atoms with E-state index in [2.05, 4.69) is 10.3 Å². The molecule has 23 heavy (non-hydrogen) atoms. The molecule has 0 radical (unpaired) electrons. The molecule has 0 spiro atoms. The lowest BCUT2D eigenvalue weighted by Crippen LogP contribution is -2.40. The third-order valence-electron chi connectivity index (χ3n) is 3.87. The maximum absolute atomic E-state index is 13.1. The van der Waals surface area contributed by atoms with E-state index in [1.54, 1.807) is 43.5 Å². The number of nitrogens with one attached hydrogen (secondary N) is 1. The Balaban J connectivity index is 2.04. The van der Waals surface area contributed by atoms with Crippen LogP contribution in [0, 0.1) is 5.82 Å². The maximum Gasteiger partial charge on any atom is 0.259 e. The molecule has 1 amide bonds. The van der Waals surface area contributed by atoms with Crippen LogP contribution in [0.15, 0.2) is 53.5 Å². The molecule has 1 aliphatic heterocycles. The number of ether oxygens (including phenoxy) is 1. The van der Waals surface area contributed by atoms with Crippen LogP contribution in [-0.4, -0.2) is 19.0 Å². The van der Waals surface area contributed by atoms with E-state index in [9.17, 15) is 9.18 Å². The van der Waals surface area contributed by atoms with E-state index in [1.807, 2.05) is 0 Å². The summed E-state index contributed by atoms with van der Waals surface area (Å²) >= 11 is 0. The van der Waals surface area contributed by atoms with Gasteiger partial charge in [0.05, 0.1) is 7.11 Å². The lowest BCUT2D eigenvalue weighted by Gasteiger charge is -2.24. The van der Waals surface area contributed by atoms with Crippen molar-refractivity contribution in [3.05, 3.63) is 65.5 Å². The van der Waals surface area contributed by atoms with Crippen molar-refractivity contribution in [2.45, 2.75) is 12.0 Å². The topological polar surface area (TPSA) is 76.7 Å². The molecule has 0 saturated heterocycles. The van der Waals surface area contributed by atoms with E-state index < -0.39 is 5.54 Å². The number of nitrogens with zero attached hydrogens (tertiary/aromatic N) is 1. The Morgan fingerprint density at radius 3 is 2.35 bits per heavy atom. The van der Waals surface area contributed by atoms with Crippen LogP contribution in [0.25, 0.3) is 0 Å². The van der Waals surface area contributed by atoms with Crippen LogP contribution in [0.3, 0.4) is 0 Å². The molecule has 2 aromatic rings. The van der Waals surface area contributed by atoms with Crippen LogP contribution in [0.1, 0.15) is 11.1 Å². The molecule has 0 aromatic heterocycles. The van der Waals surface area contributed by atoms with Crippen molar-refractivity contribution < 1.29 is 13.9 Å². The minimum atomic E-state index is -1.16. The largest absolute Gasteiger partial charge is 0.497 e. The van der Waals surface area contributed by atoms with Crippen molar-refractivity contribution in [2.75, 3.05) is 7.11 Å². The van der Waals surface area contributed by atoms with Gasteiger partial charge in [0.25, 0.3) is 5.91 Å². The summed E-state index contributed by atoms with van der Waals surface area (Å²) in [5, 5.41) is 2.55. The molecule has 0 bridgehead atoms. The van der Waals surface area contributed by atoms with Crippen molar-refractivity contribution in [1.82, 2.24) is 5.32 Å². The van der Waals surface area contributed by atoms with E-state index in [1.165, 1.54) is 12.1 Å². The zero-order chi connectivity index (χ0) is 16.4. The quantitative estimate of drug-likeness (QED) is 0.902. The summed E-state index contributed by atoms with van der Waals surface area (Å²) in [7, 11) is 1.57. The second kappa shape index (κ2) is 5.72. The van der Waals surface area contributed by atoms with Gasteiger partial charge in [-0.05, 0) is 35.4 Å². The minimum Gasteiger partial charge on any atom is -0.497 e. The van der Waals surface area contributed by atoms with Crippen LogP contribution in [0.5, 0.6) is 5.75 Å².